The summed E-state index contributed by atoms with van der Waals surface area (Å²) in [5, 5.41) is -0.778. The van der Waals surface area contributed by atoms with E-state index in [1.165, 1.54) is 0 Å². The molecule has 0 saturated carbocycles. The van der Waals surface area contributed by atoms with E-state index in [4.69, 9.17) is 28.9 Å². The zero-order valence-corrected chi connectivity index (χ0v) is 13.4. The van der Waals surface area contributed by atoms with Gasteiger partial charge >= 0.3 is 0 Å². The molecule has 0 atom stereocenters. The van der Waals surface area contributed by atoms with E-state index in [1.807, 2.05) is 0 Å². The number of benzene rings is 1. The average molecular weight is 352 g/mol. The molecule has 110 valence electrons. The summed E-state index contributed by atoms with van der Waals surface area (Å²) in [5.74, 6) is -0.966. The maximum Gasteiger partial charge on any atom is 0.242 e. The van der Waals surface area contributed by atoms with Gasteiger partial charge in [0.05, 0.1) is 10.0 Å². The minimum atomic E-state index is -3.96. The molecular formula is C10H14Cl3FN2O2S. The van der Waals surface area contributed by atoms with Gasteiger partial charge in [0, 0.05) is 12.1 Å². The molecule has 0 aliphatic rings. The highest BCUT2D eigenvalue weighted by atomic mass is 35.5. The van der Waals surface area contributed by atoms with Gasteiger partial charge in [0.1, 0.15) is 4.90 Å². The zero-order chi connectivity index (χ0) is 14.1. The van der Waals surface area contributed by atoms with Crippen LogP contribution in [0.1, 0.15) is 13.8 Å². The van der Waals surface area contributed by atoms with E-state index in [0.717, 1.165) is 12.1 Å². The first-order chi connectivity index (χ1) is 8.10. The molecule has 0 fully saturated rings. The second kappa shape index (κ2) is 6.56. The molecule has 0 aliphatic heterocycles. The van der Waals surface area contributed by atoms with Crippen LogP contribution in [0.3, 0.4) is 0 Å². The number of nitrogens with one attached hydrogen (secondary N) is 1. The minimum absolute atomic E-state index is 0. The van der Waals surface area contributed by atoms with E-state index in [2.05, 4.69) is 4.72 Å². The molecule has 0 saturated heterocycles. The van der Waals surface area contributed by atoms with Crippen LogP contribution in [0.15, 0.2) is 17.0 Å². The van der Waals surface area contributed by atoms with Crippen LogP contribution in [0.5, 0.6) is 0 Å². The molecule has 3 N–H and O–H groups in total. The molecule has 0 spiro atoms. The Labute approximate surface area is 127 Å². The molecule has 0 heterocycles. The summed E-state index contributed by atoms with van der Waals surface area (Å²) >= 11 is 11.1. The fraction of sp³-hybridized carbons (Fsp3) is 0.400. The van der Waals surface area contributed by atoms with Gasteiger partial charge in [0.25, 0.3) is 0 Å². The number of halogens is 4. The first-order valence-corrected chi connectivity index (χ1v) is 7.22. The Morgan fingerprint density at radius 3 is 2.37 bits per heavy atom. The smallest absolute Gasteiger partial charge is 0.242 e. The molecule has 0 aromatic heterocycles. The predicted molar refractivity (Wildman–Crippen MR) is 77.1 cm³/mol. The molecule has 19 heavy (non-hydrogen) atoms. The maximum atomic E-state index is 13.5. The van der Waals surface area contributed by atoms with Crippen molar-refractivity contribution in [2.45, 2.75) is 24.3 Å². The fourth-order valence-corrected chi connectivity index (χ4v) is 3.34. The molecular weight excluding hydrogens is 338 g/mol. The molecule has 0 bridgehead atoms. The molecule has 0 radical (unpaired) electrons. The van der Waals surface area contributed by atoms with Gasteiger partial charge in [0.2, 0.25) is 10.0 Å². The number of nitrogens with two attached hydrogens (primary N) is 1. The highest BCUT2D eigenvalue weighted by Crippen LogP contribution is 2.29. The maximum absolute atomic E-state index is 13.5. The summed E-state index contributed by atoms with van der Waals surface area (Å²) in [6.45, 7) is 3.29. The minimum Gasteiger partial charge on any atom is -0.329 e. The molecule has 1 rings (SSSR count). The van der Waals surface area contributed by atoms with Gasteiger partial charge in [-0.1, -0.05) is 23.2 Å². The first-order valence-electron chi connectivity index (χ1n) is 4.98. The Kier molecular flexibility index (Phi) is 6.52. The van der Waals surface area contributed by atoms with Crippen LogP contribution < -0.4 is 10.5 Å². The molecule has 9 heteroatoms. The lowest BCUT2D eigenvalue weighted by molar-refractivity contribution is 0.462. The van der Waals surface area contributed by atoms with Gasteiger partial charge in [-0.2, -0.15) is 0 Å². The summed E-state index contributed by atoms with van der Waals surface area (Å²) in [6.07, 6.45) is 0. The van der Waals surface area contributed by atoms with E-state index in [0.29, 0.717) is 0 Å². The third-order valence-electron chi connectivity index (χ3n) is 2.21. The Balaban J connectivity index is 0.00000324. The lowest BCUT2D eigenvalue weighted by Crippen LogP contribution is -2.48. The number of rotatable bonds is 4. The van der Waals surface area contributed by atoms with Gasteiger partial charge in [0.15, 0.2) is 5.82 Å². The van der Waals surface area contributed by atoms with Gasteiger partial charge in [-0.3, -0.25) is 0 Å². The lowest BCUT2D eigenvalue weighted by atomic mass is 10.1. The molecule has 0 unspecified atom stereocenters. The number of sulfonamides is 1. The molecule has 0 amide bonds. The third kappa shape index (κ3) is 4.44. The Morgan fingerprint density at radius 2 is 1.89 bits per heavy atom. The predicted octanol–water partition coefficient (Wildman–Crippen LogP) is 2.57. The van der Waals surface area contributed by atoms with Crippen molar-refractivity contribution >= 4 is 45.6 Å². The van der Waals surface area contributed by atoms with Crippen molar-refractivity contribution in [2.75, 3.05) is 6.54 Å². The van der Waals surface area contributed by atoms with Crippen molar-refractivity contribution in [3.05, 3.63) is 28.0 Å². The van der Waals surface area contributed by atoms with E-state index >= 15 is 0 Å². The Hall–Kier alpha value is -0.110. The summed E-state index contributed by atoms with van der Waals surface area (Å²) in [5.41, 5.74) is 4.57. The molecule has 1 aromatic rings. The molecule has 4 nitrogen and oxygen atoms in total. The fourth-order valence-electron chi connectivity index (χ4n) is 1.18. The van der Waals surface area contributed by atoms with Crippen LogP contribution >= 0.6 is 35.6 Å². The van der Waals surface area contributed by atoms with Gasteiger partial charge in [-0.05, 0) is 26.0 Å². The van der Waals surface area contributed by atoms with Crippen LogP contribution in [-0.2, 0) is 10.0 Å². The summed E-state index contributed by atoms with van der Waals surface area (Å²) in [4.78, 5) is -0.368. The van der Waals surface area contributed by atoms with Crippen LogP contribution in [0.25, 0.3) is 0 Å². The monoisotopic (exact) mass is 350 g/mol. The van der Waals surface area contributed by atoms with Crippen molar-refractivity contribution in [2.24, 2.45) is 5.73 Å². The van der Waals surface area contributed by atoms with Crippen molar-refractivity contribution < 1.29 is 12.8 Å². The standard InChI is InChI=1S/C10H13Cl2FN2O2S.ClH/c1-10(2,5-14)15-18(16,17)7-4-3-6(11)9(13)8(7)12;/h3-4,15H,5,14H2,1-2H3;1H. The van der Waals surface area contributed by atoms with Crippen molar-refractivity contribution in [3.63, 3.8) is 0 Å². The summed E-state index contributed by atoms with van der Waals surface area (Å²) in [6, 6.07) is 2.27. The van der Waals surface area contributed by atoms with Crippen LogP contribution in [0, 0.1) is 5.82 Å². The first kappa shape index (κ1) is 18.9. The SMILES string of the molecule is CC(C)(CN)NS(=O)(=O)c1ccc(Cl)c(F)c1Cl.Cl. The summed E-state index contributed by atoms with van der Waals surface area (Å²) < 4.78 is 39.9. The van der Waals surface area contributed by atoms with E-state index in [-0.39, 0.29) is 28.9 Å². The highest BCUT2D eigenvalue weighted by Gasteiger charge is 2.28. The topological polar surface area (TPSA) is 72.2 Å². The van der Waals surface area contributed by atoms with E-state index in [9.17, 15) is 12.8 Å². The normalized spacial score (nSPS) is 12.1. The Bertz CT molecular complexity index is 564. The van der Waals surface area contributed by atoms with E-state index in [1.54, 1.807) is 13.8 Å². The molecule has 1 aromatic carbocycles. The summed E-state index contributed by atoms with van der Waals surface area (Å²) in [7, 11) is -3.96. The van der Waals surface area contributed by atoms with E-state index < -0.39 is 26.4 Å². The van der Waals surface area contributed by atoms with Crippen LogP contribution in [0.2, 0.25) is 10.0 Å². The van der Waals surface area contributed by atoms with Crippen molar-refractivity contribution in [3.8, 4) is 0 Å². The van der Waals surface area contributed by atoms with Crippen molar-refractivity contribution in [1.29, 1.82) is 0 Å². The lowest BCUT2D eigenvalue weighted by Gasteiger charge is -2.24. The van der Waals surface area contributed by atoms with Gasteiger partial charge in [-0.25, -0.2) is 17.5 Å². The van der Waals surface area contributed by atoms with Crippen molar-refractivity contribution in [1.82, 2.24) is 4.72 Å². The highest BCUT2D eigenvalue weighted by molar-refractivity contribution is 7.89. The number of hydrogen-bond donors (Lipinski definition) is 2. The zero-order valence-electron chi connectivity index (χ0n) is 10.2. The largest absolute Gasteiger partial charge is 0.329 e. The second-order valence-corrected chi connectivity index (χ2v) is 6.80. The average Bonchev–Trinajstić information content (AvgIpc) is 2.24. The quantitative estimate of drug-likeness (QED) is 0.819. The van der Waals surface area contributed by atoms with Crippen LogP contribution in [-0.4, -0.2) is 20.5 Å². The Morgan fingerprint density at radius 1 is 1.37 bits per heavy atom. The van der Waals surface area contributed by atoms with Crippen LogP contribution in [0.4, 0.5) is 4.39 Å². The molecule has 0 aliphatic carbocycles. The third-order valence-corrected chi connectivity index (χ3v) is 4.72. The van der Waals surface area contributed by atoms with Gasteiger partial charge in [-0.15, -0.1) is 12.4 Å². The van der Waals surface area contributed by atoms with Gasteiger partial charge < -0.3 is 5.73 Å². The second-order valence-electron chi connectivity index (χ2n) is 4.37. The number of hydrogen-bond acceptors (Lipinski definition) is 3.